The van der Waals surface area contributed by atoms with Crippen LogP contribution in [0.15, 0.2) is 65.6 Å². The summed E-state index contributed by atoms with van der Waals surface area (Å²) < 4.78 is 11.4. The van der Waals surface area contributed by atoms with Crippen LogP contribution in [0.2, 0.25) is 5.02 Å². The number of nitrogens with zero attached hydrogens (tertiary/aromatic N) is 2. The van der Waals surface area contributed by atoms with Gasteiger partial charge in [-0.1, -0.05) is 67.9 Å². The highest BCUT2D eigenvalue weighted by atomic mass is 35.5. The number of esters is 2. The first kappa shape index (κ1) is 23.7. The highest BCUT2D eigenvalue weighted by Crippen LogP contribution is 2.58. The van der Waals surface area contributed by atoms with Crippen LogP contribution in [0.4, 0.5) is 5.69 Å². The fraction of sp³-hybridized carbons (Fsp3) is 0.269. The molecule has 1 saturated heterocycles. The smallest absolute Gasteiger partial charge is 0.393 e. The van der Waals surface area contributed by atoms with Gasteiger partial charge in [-0.25, -0.2) is 14.5 Å². The predicted molar refractivity (Wildman–Crippen MR) is 134 cm³/mol. The van der Waals surface area contributed by atoms with E-state index in [1.54, 1.807) is 24.3 Å². The van der Waals surface area contributed by atoms with Crippen LogP contribution in [0.5, 0.6) is 0 Å². The Morgan fingerprint density at radius 2 is 1.66 bits per heavy atom. The average molecular weight is 511 g/mol. The lowest BCUT2D eigenvalue weighted by molar-refractivity contribution is -0.182. The number of halogens is 1. The molecule has 9 heteroatoms. The Morgan fingerprint density at radius 3 is 2.31 bits per heavy atom. The number of carbonyl (C=O) groups excluding carboxylic acids is 3. The molecule has 1 unspecified atom stereocenters. The maximum Gasteiger partial charge on any atom is 0.422 e. The van der Waals surface area contributed by atoms with Crippen molar-refractivity contribution in [3.8, 4) is 0 Å². The fourth-order valence-corrected chi connectivity index (χ4v) is 6.01. The van der Waals surface area contributed by atoms with Crippen molar-refractivity contribution in [3.05, 3.63) is 71.2 Å². The second-order valence-electron chi connectivity index (χ2n) is 8.28. The van der Waals surface area contributed by atoms with Crippen LogP contribution in [0.3, 0.4) is 0 Å². The van der Waals surface area contributed by atoms with Crippen molar-refractivity contribution < 1.29 is 23.9 Å². The van der Waals surface area contributed by atoms with E-state index in [9.17, 15) is 14.4 Å². The van der Waals surface area contributed by atoms with Gasteiger partial charge < -0.3 is 9.47 Å². The largest absolute Gasteiger partial charge is 0.422 e. The zero-order valence-electron chi connectivity index (χ0n) is 19.2. The minimum absolute atomic E-state index is 0.0600. The number of carbonyl (C=O) groups is 3. The van der Waals surface area contributed by atoms with Crippen molar-refractivity contribution in [2.24, 2.45) is 0 Å². The van der Waals surface area contributed by atoms with Gasteiger partial charge in [-0.15, -0.1) is 11.8 Å². The maximum absolute atomic E-state index is 14.0. The lowest BCUT2D eigenvalue weighted by Gasteiger charge is -2.46. The zero-order chi connectivity index (χ0) is 24.7. The van der Waals surface area contributed by atoms with E-state index >= 15 is 0 Å². The molecule has 0 bridgehead atoms. The van der Waals surface area contributed by atoms with E-state index in [1.165, 1.54) is 16.7 Å². The number of rotatable bonds is 5. The number of hydrogen-bond acceptors (Lipinski definition) is 7. The van der Waals surface area contributed by atoms with Crippen LogP contribution in [-0.4, -0.2) is 48.3 Å². The normalized spacial score (nSPS) is 18.6. The minimum Gasteiger partial charge on any atom is -0.393 e. The van der Waals surface area contributed by atoms with Crippen LogP contribution < -0.4 is 4.90 Å². The zero-order valence-corrected chi connectivity index (χ0v) is 20.8. The van der Waals surface area contributed by atoms with E-state index in [0.29, 0.717) is 29.4 Å². The van der Waals surface area contributed by atoms with Gasteiger partial charge in [-0.3, -0.25) is 9.69 Å². The van der Waals surface area contributed by atoms with Gasteiger partial charge in [-0.2, -0.15) is 0 Å². The van der Waals surface area contributed by atoms with Crippen LogP contribution >= 0.6 is 23.4 Å². The third-order valence-electron chi connectivity index (χ3n) is 6.29. The molecule has 0 aromatic heterocycles. The SMILES string of the molecule is CCN(CC)CC(=O)N1c2c(ccc3ccccc23)SC(c2ccc(Cl)cc2)C12OC(=O)C(=O)O2. The van der Waals surface area contributed by atoms with Crippen LogP contribution in [0.25, 0.3) is 10.8 Å². The van der Waals surface area contributed by atoms with Crippen molar-refractivity contribution in [2.75, 3.05) is 24.5 Å². The molecule has 0 saturated carbocycles. The van der Waals surface area contributed by atoms with Gasteiger partial charge in [0.15, 0.2) is 0 Å². The number of amides is 1. The van der Waals surface area contributed by atoms with Crippen molar-refractivity contribution in [3.63, 3.8) is 0 Å². The molecular weight excluding hydrogens is 488 g/mol. The fourth-order valence-electron chi connectivity index (χ4n) is 4.53. The summed E-state index contributed by atoms with van der Waals surface area (Å²) in [5.41, 5.74) is 1.25. The Hall–Kier alpha value is -3.07. The predicted octanol–water partition coefficient (Wildman–Crippen LogP) is 4.77. The molecule has 0 radical (unpaired) electrons. The monoisotopic (exact) mass is 510 g/mol. The van der Waals surface area contributed by atoms with Crippen molar-refractivity contribution in [2.45, 2.75) is 29.9 Å². The topological polar surface area (TPSA) is 76.2 Å². The van der Waals surface area contributed by atoms with E-state index in [4.69, 9.17) is 21.1 Å². The molecule has 3 aromatic rings. The molecule has 7 nitrogen and oxygen atoms in total. The van der Waals surface area contributed by atoms with Crippen LogP contribution in [-0.2, 0) is 23.9 Å². The Labute approximate surface area is 211 Å². The molecule has 1 fully saturated rings. The van der Waals surface area contributed by atoms with Gasteiger partial charge in [0.1, 0.15) is 5.25 Å². The summed E-state index contributed by atoms with van der Waals surface area (Å²) in [5.74, 6) is -4.58. The number of fused-ring (bicyclic) bond motifs is 3. The third kappa shape index (κ3) is 3.95. The molecule has 180 valence electrons. The van der Waals surface area contributed by atoms with E-state index in [0.717, 1.165) is 15.7 Å². The first-order chi connectivity index (χ1) is 16.9. The Kier molecular flexibility index (Phi) is 6.21. The van der Waals surface area contributed by atoms with E-state index in [-0.39, 0.29) is 12.5 Å². The second-order valence-corrected chi connectivity index (χ2v) is 9.87. The van der Waals surface area contributed by atoms with Crippen LogP contribution in [0.1, 0.15) is 24.7 Å². The minimum atomic E-state index is -1.98. The summed E-state index contributed by atoms with van der Waals surface area (Å²) >= 11 is 7.49. The Bertz CT molecular complexity index is 1310. The number of thioether (sulfide) groups is 1. The lowest BCUT2D eigenvalue weighted by atomic mass is 10.0. The van der Waals surface area contributed by atoms with E-state index in [1.807, 2.05) is 55.1 Å². The Morgan fingerprint density at radius 1 is 1.00 bits per heavy atom. The van der Waals surface area contributed by atoms with Gasteiger partial charge in [0.25, 0.3) is 0 Å². The summed E-state index contributed by atoms with van der Waals surface area (Å²) in [4.78, 5) is 43.1. The second kappa shape index (κ2) is 9.18. The molecule has 3 aromatic carbocycles. The molecule has 0 aliphatic carbocycles. The number of benzene rings is 3. The first-order valence-electron chi connectivity index (χ1n) is 11.3. The summed E-state index contributed by atoms with van der Waals surface area (Å²) in [6.45, 7) is 5.30. The highest BCUT2D eigenvalue weighted by Gasteiger charge is 2.64. The van der Waals surface area contributed by atoms with Crippen molar-refractivity contribution >= 4 is 57.7 Å². The van der Waals surface area contributed by atoms with Crippen molar-refractivity contribution in [1.82, 2.24) is 4.90 Å². The molecule has 2 aliphatic rings. The molecule has 1 spiro atoms. The quantitative estimate of drug-likeness (QED) is 0.361. The van der Waals surface area contributed by atoms with Gasteiger partial charge in [0.05, 0.1) is 12.2 Å². The number of anilines is 1. The molecule has 35 heavy (non-hydrogen) atoms. The van der Waals surface area contributed by atoms with Crippen molar-refractivity contribution in [1.29, 1.82) is 0 Å². The third-order valence-corrected chi connectivity index (χ3v) is 7.94. The Balaban J connectivity index is 1.77. The molecule has 1 amide bonds. The summed E-state index contributed by atoms with van der Waals surface area (Å²) in [5, 5.41) is 1.50. The van der Waals surface area contributed by atoms with Gasteiger partial charge in [0.2, 0.25) is 5.91 Å². The average Bonchev–Trinajstić information content (AvgIpc) is 3.16. The summed E-state index contributed by atoms with van der Waals surface area (Å²) in [7, 11) is 0. The molecule has 1 atom stereocenters. The standard InChI is InChI=1S/C26H23ClN2O5S/c1-3-28(4-2)15-21(30)29-22-19-8-6-5-7-16(19)11-14-20(22)35-23(17-9-12-18(27)13-10-17)26(29)33-24(31)25(32)34-26/h5-14,23H,3-4,15H2,1-2H3. The number of likely N-dealkylation sites (N-methyl/N-ethyl adjacent to an activating group) is 1. The van der Waals surface area contributed by atoms with Gasteiger partial charge >= 0.3 is 17.8 Å². The van der Waals surface area contributed by atoms with E-state index < -0.39 is 23.1 Å². The summed E-state index contributed by atoms with van der Waals surface area (Å²) in [6, 6.07) is 18.5. The number of ether oxygens (including phenoxy) is 2. The maximum atomic E-state index is 14.0. The molecular formula is C26H23ClN2O5S. The summed E-state index contributed by atoms with van der Waals surface area (Å²) in [6.07, 6.45) is 0. The van der Waals surface area contributed by atoms with Gasteiger partial charge in [-0.05, 0) is 42.2 Å². The first-order valence-corrected chi connectivity index (χ1v) is 12.6. The lowest BCUT2D eigenvalue weighted by Crippen LogP contribution is -2.60. The number of hydrogen-bond donors (Lipinski definition) is 0. The molecule has 0 N–H and O–H groups in total. The van der Waals surface area contributed by atoms with Gasteiger partial charge in [0, 0.05) is 15.3 Å². The van der Waals surface area contributed by atoms with Crippen LogP contribution in [0, 0.1) is 0 Å². The molecule has 2 aliphatic heterocycles. The van der Waals surface area contributed by atoms with E-state index in [2.05, 4.69) is 0 Å². The molecule has 5 rings (SSSR count). The highest BCUT2D eigenvalue weighted by molar-refractivity contribution is 7.99. The molecule has 2 heterocycles.